The number of ether oxygens (including phenoxy) is 2. The lowest BCUT2D eigenvalue weighted by atomic mass is 10.1. The van der Waals surface area contributed by atoms with Crippen LogP contribution < -0.4 is 14.9 Å². The third-order valence-electron chi connectivity index (χ3n) is 3.86. The van der Waals surface area contributed by atoms with Gasteiger partial charge in [0.25, 0.3) is 5.91 Å². The van der Waals surface area contributed by atoms with Crippen LogP contribution in [-0.4, -0.2) is 30.3 Å². The van der Waals surface area contributed by atoms with E-state index in [9.17, 15) is 4.79 Å². The van der Waals surface area contributed by atoms with Crippen LogP contribution in [0.15, 0.2) is 53.6 Å². The van der Waals surface area contributed by atoms with Crippen LogP contribution in [-0.2, 0) is 0 Å². The van der Waals surface area contributed by atoms with E-state index in [0.717, 1.165) is 16.7 Å². The first-order valence-corrected chi connectivity index (χ1v) is 9.08. The second kappa shape index (κ2) is 8.71. The lowest BCUT2D eigenvalue weighted by molar-refractivity contribution is 0.0955. The molecule has 1 amide bonds. The van der Waals surface area contributed by atoms with Crippen LogP contribution in [0.2, 0.25) is 5.15 Å². The Morgan fingerprint density at radius 2 is 1.86 bits per heavy atom. The maximum atomic E-state index is 12.2. The normalized spacial score (nSPS) is 11.2. The number of carbonyl (C=O) groups excluding carboxylic acids is 1. The van der Waals surface area contributed by atoms with Crippen LogP contribution >= 0.6 is 11.6 Å². The average molecular weight is 398 g/mol. The van der Waals surface area contributed by atoms with Gasteiger partial charge in [-0.3, -0.25) is 4.79 Å². The highest BCUT2D eigenvalue weighted by atomic mass is 35.5. The highest BCUT2D eigenvalue weighted by Gasteiger charge is 2.07. The summed E-state index contributed by atoms with van der Waals surface area (Å²) in [6.07, 6.45) is 1.53. The van der Waals surface area contributed by atoms with Crippen molar-refractivity contribution in [1.29, 1.82) is 0 Å². The third kappa shape index (κ3) is 4.78. The number of pyridine rings is 1. The van der Waals surface area contributed by atoms with Crippen LogP contribution in [0.3, 0.4) is 0 Å². The molecule has 3 rings (SSSR count). The van der Waals surface area contributed by atoms with Crippen molar-refractivity contribution in [2.75, 3.05) is 7.11 Å². The van der Waals surface area contributed by atoms with E-state index in [-0.39, 0.29) is 12.0 Å². The fourth-order valence-corrected chi connectivity index (χ4v) is 2.74. The van der Waals surface area contributed by atoms with Gasteiger partial charge in [-0.25, -0.2) is 10.4 Å². The Labute approximate surface area is 168 Å². The van der Waals surface area contributed by atoms with Gasteiger partial charge in [-0.15, -0.1) is 0 Å². The van der Waals surface area contributed by atoms with Gasteiger partial charge in [0.1, 0.15) is 16.7 Å². The molecule has 2 aromatic carbocycles. The summed E-state index contributed by atoms with van der Waals surface area (Å²) < 4.78 is 10.8. The number of benzene rings is 2. The van der Waals surface area contributed by atoms with Crippen LogP contribution in [0.1, 0.15) is 29.8 Å². The van der Waals surface area contributed by atoms with Crippen molar-refractivity contribution in [2.24, 2.45) is 5.10 Å². The van der Waals surface area contributed by atoms with Crippen molar-refractivity contribution in [3.63, 3.8) is 0 Å². The Balaban J connectivity index is 1.71. The summed E-state index contributed by atoms with van der Waals surface area (Å²) in [7, 11) is 1.60. The van der Waals surface area contributed by atoms with E-state index in [2.05, 4.69) is 15.5 Å². The summed E-state index contributed by atoms with van der Waals surface area (Å²) in [4.78, 5) is 16.6. The molecular weight excluding hydrogens is 378 g/mol. The minimum atomic E-state index is -0.334. The molecule has 0 saturated carbocycles. The monoisotopic (exact) mass is 397 g/mol. The first-order chi connectivity index (χ1) is 13.5. The van der Waals surface area contributed by atoms with Gasteiger partial charge in [0.15, 0.2) is 0 Å². The Kier molecular flexibility index (Phi) is 6.11. The van der Waals surface area contributed by atoms with Gasteiger partial charge in [0, 0.05) is 16.5 Å². The number of rotatable bonds is 6. The molecule has 0 atom stereocenters. The smallest absolute Gasteiger partial charge is 0.271 e. The largest absolute Gasteiger partial charge is 0.497 e. The second-order valence-corrected chi connectivity index (χ2v) is 6.68. The summed E-state index contributed by atoms with van der Waals surface area (Å²) in [5.74, 6) is 1.09. The highest BCUT2D eigenvalue weighted by molar-refractivity contribution is 6.32. The van der Waals surface area contributed by atoms with Crippen LogP contribution in [0.5, 0.6) is 11.5 Å². The van der Waals surface area contributed by atoms with Crippen LogP contribution in [0.4, 0.5) is 0 Å². The minimum absolute atomic E-state index is 0.0737. The number of nitrogens with zero attached hydrogens (tertiary/aromatic N) is 2. The molecule has 144 valence electrons. The van der Waals surface area contributed by atoms with Gasteiger partial charge in [0.2, 0.25) is 0 Å². The van der Waals surface area contributed by atoms with E-state index in [0.29, 0.717) is 22.0 Å². The van der Waals surface area contributed by atoms with E-state index in [1.807, 2.05) is 38.1 Å². The van der Waals surface area contributed by atoms with Gasteiger partial charge in [-0.05, 0) is 62.4 Å². The summed E-state index contributed by atoms with van der Waals surface area (Å²) in [6.45, 7) is 3.89. The van der Waals surface area contributed by atoms with E-state index >= 15 is 0 Å². The van der Waals surface area contributed by atoms with Crippen molar-refractivity contribution in [3.05, 3.63) is 64.8 Å². The zero-order valence-electron chi connectivity index (χ0n) is 15.8. The van der Waals surface area contributed by atoms with Gasteiger partial charge in [0.05, 0.1) is 24.9 Å². The molecule has 1 heterocycles. The van der Waals surface area contributed by atoms with Crippen molar-refractivity contribution in [3.8, 4) is 11.5 Å². The van der Waals surface area contributed by atoms with Crippen molar-refractivity contribution >= 4 is 34.6 Å². The summed E-state index contributed by atoms with van der Waals surface area (Å²) in [5, 5.41) is 5.14. The Hall–Kier alpha value is -3.12. The number of carbonyl (C=O) groups is 1. The number of methoxy groups -OCH3 is 1. The number of nitrogens with one attached hydrogen (secondary N) is 1. The summed E-state index contributed by atoms with van der Waals surface area (Å²) >= 11 is 6.21. The van der Waals surface area contributed by atoms with Crippen LogP contribution in [0.25, 0.3) is 10.9 Å². The van der Waals surface area contributed by atoms with Crippen molar-refractivity contribution in [2.45, 2.75) is 20.0 Å². The lowest BCUT2D eigenvalue weighted by Gasteiger charge is -2.09. The third-order valence-corrected chi connectivity index (χ3v) is 4.16. The molecule has 6 nitrogen and oxygen atoms in total. The topological polar surface area (TPSA) is 72.8 Å². The van der Waals surface area contributed by atoms with Crippen LogP contribution in [0, 0.1) is 0 Å². The first-order valence-electron chi connectivity index (χ1n) is 8.70. The fraction of sp³-hybridized carbons (Fsp3) is 0.190. The molecule has 0 aliphatic heterocycles. The number of halogens is 1. The molecule has 1 N–H and O–H groups in total. The second-order valence-electron chi connectivity index (χ2n) is 6.32. The maximum Gasteiger partial charge on any atom is 0.271 e. The predicted octanol–water partition coefficient (Wildman–Crippen LogP) is 4.45. The van der Waals surface area contributed by atoms with Gasteiger partial charge < -0.3 is 9.47 Å². The lowest BCUT2D eigenvalue weighted by Crippen LogP contribution is -2.17. The molecule has 3 aromatic rings. The predicted molar refractivity (Wildman–Crippen MR) is 111 cm³/mol. The molecule has 1 aromatic heterocycles. The van der Waals surface area contributed by atoms with Gasteiger partial charge in [-0.2, -0.15) is 5.10 Å². The Morgan fingerprint density at radius 3 is 2.54 bits per heavy atom. The van der Waals surface area contributed by atoms with Crippen molar-refractivity contribution < 1.29 is 14.3 Å². The summed E-state index contributed by atoms with van der Waals surface area (Å²) in [6, 6.07) is 14.2. The number of fused-ring (bicyclic) bond motifs is 1. The number of aromatic nitrogens is 1. The molecule has 0 saturated heterocycles. The van der Waals surface area contributed by atoms with Gasteiger partial charge >= 0.3 is 0 Å². The molecule has 0 unspecified atom stereocenters. The minimum Gasteiger partial charge on any atom is -0.497 e. The molecule has 0 aliphatic carbocycles. The molecule has 0 aliphatic rings. The summed E-state index contributed by atoms with van der Waals surface area (Å²) in [5.41, 5.74) is 4.29. The molecular formula is C21H20ClN3O3. The number of hydrogen-bond acceptors (Lipinski definition) is 5. The van der Waals surface area contributed by atoms with E-state index < -0.39 is 0 Å². The SMILES string of the molecule is COc1ccc2nc(Cl)c(/C=N\NC(=O)c3ccc(OC(C)C)cc3)cc2c1. The molecule has 0 spiro atoms. The number of amides is 1. The zero-order valence-corrected chi connectivity index (χ0v) is 16.5. The molecule has 0 fully saturated rings. The zero-order chi connectivity index (χ0) is 20.1. The van der Waals surface area contributed by atoms with Gasteiger partial charge in [-0.1, -0.05) is 11.6 Å². The Bertz CT molecular complexity index is 1020. The highest BCUT2D eigenvalue weighted by Crippen LogP contribution is 2.23. The molecule has 0 radical (unpaired) electrons. The van der Waals surface area contributed by atoms with Crippen molar-refractivity contribution in [1.82, 2.24) is 10.4 Å². The molecule has 0 bridgehead atoms. The standard InChI is InChI=1S/C21H20ClN3O3/c1-13(2)28-17-6-4-14(5-7-17)21(26)25-23-12-16-10-15-11-18(27-3)8-9-19(15)24-20(16)22/h4-13H,1-3H3,(H,25,26)/b23-12-. The number of hydrazone groups is 1. The first kappa shape index (κ1) is 19.6. The molecule has 7 heteroatoms. The van der Waals surface area contributed by atoms with E-state index in [1.54, 1.807) is 31.4 Å². The van der Waals surface area contributed by atoms with E-state index in [1.165, 1.54) is 6.21 Å². The maximum absolute atomic E-state index is 12.2. The molecule has 28 heavy (non-hydrogen) atoms. The average Bonchev–Trinajstić information content (AvgIpc) is 2.68. The fourth-order valence-electron chi connectivity index (χ4n) is 2.55. The number of hydrogen-bond donors (Lipinski definition) is 1. The quantitative estimate of drug-likeness (QED) is 0.379. The Morgan fingerprint density at radius 1 is 1.14 bits per heavy atom. The van der Waals surface area contributed by atoms with E-state index in [4.69, 9.17) is 21.1 Å².